The lowest BCUT2D eigenvalue weighted by Crippen LogP contribution is -2.36. The number of unbranched alkanes of at least 4 members (excludes halogenated alkanes) is 2. The van der Waals surface area contributed by atoms with E-state index in [1.807, 2.05) is 36.2 Å². The number of hydrogen-bond donors (Lipinski definition) is 2. The van der Waals surface area contributed by atoms with E-state index < -0.39 is 0 Å². The lowest BCUT2D eigenvalue weighted by Gasteiger charge is -2.16. The number of nitrogens with one attached hydrogen (secondary N) is 1. The quantitative estimate of drug-likeness (QED) is 0.651. The minimum atomic E-state index is 0.0432. The molecule has 0 saturated carbocycles. The lowest BCUT2D eigenvalue weighted by atomic mass is 10.1. The van der Waals surface area contributed by atoms with Crippen molar-refractivity contribution in [1.29, 1.82) is 0 Å². The van der Waals surface area contributed by atoms with Crippen LogP contribution in [0, 0.1) is 0 Å². The number of likely N-dealkylation sites (N-methyl/N-ethyl adjacent to an activating group) is 1. The van der Waals surface area contributed by atoms with Crippen LogP contribution in [0.1, 0.15) is 24.8 Å². The first-order chi connectivity index (χ1) is 10.1. The second kappa shape index (κ2) is 10.6. The van der Waals surface area contributed by atoms with E-state index in [4.69, 9.17) is 16.7 Å². The zero-order valence-electron chi connectivity index (χ0n) is 12.6. The highest BCUT2D eigenvalue weighted by molar-refractivity contribution is 6.30. The first kappa shape index (κ1) is 18.0. The summed E-state index contributed by atoms with van der Waals surface area (Å²) in [7, 11) is 1.94. The van der Waals surface area contributed by atoms with Gasteiger partial charge in [-0.25, -0.2) is 0 Å². The predicted octanol–water partition coefficient (Wildman–Crippen LogP) is 2.09. The van der Waals surface area contributed by atoms with Gasteiger partial charge in [0.1, 0.15) is 0 Å². The molecule has 0 aliphatic rings. The molecule has 0 radical (unpaired) electrons. The second-order valence-electron chi connectivity index (χ2n) is 5.25. The van der Waals surface area contributed by atoms with Crippen molar-refractivity contribution in [1.82, 2.24) is 10.2 Å². The van der Waals surface area contributed by atoms with Gasteiger partial charge in [0.05, 0.1) is 6.54 Å². The summed E-state index contributed by atoms with van der Waals surface area (Å²) in [6, 6.07) is 7.68. The fraction of sp³-hybridized carbons (Fsp3) is 0.562. The van der Waals surface area contributed by atoms with Crippen molar-refractivity contribution in [3.05, 3.63) is 34.9 Å². The van der Waals surface area contributed by atoms with Gasteiger partial charge in [0.2, 0.25) is 5.91 Å². The average Bonchev–Trinajstić information content (AvgIpc) is 2.43. The molecule has 0 bridgehead atoms. The summed E-state index contributed by atoms with van der Waals surface area (Å²) in [5, 5.41) is 12.3. The molecule has 4 nitrogen and oxygen atoms in total. The third-order valence-electron chi connectivity index (χ3n) is 3.24. The molecule has 1 aromatic carbocycles. The zero-order chi connectivity index (χ0) is 15.5. The number of rotatable bonds is 10. The number of amides is 1. The molecule has 1 amide bonds. The third-order valence-corrected chi connectivity index (χ3v) is 3.47. The van der Waals surface area contributed by atoms with Crippen molar-refractivity contribution < 1.29 is 9.90 Å². The summed E-state index contributed by atoms with van der Waals surface area (Å²) in [6.07, 6.45) is 3.62. The van der Waals surface area contributed by atoms with Gasteiger partial charge in [-0.15, -0.1) is 0 Å². The molecule has 0 atom stereocenters. The Balaban J connectivity index is 2.13. The Kier molecular flexibility index (Phi) is 9.06. The van der Waals surface area contributed by atoms with Crippen molar-refractivity contribution >= 4 is 17.5 Å². The van der Waals surface area contributed by atoms with Crippen LogP contribution in [0.2, 0.25) is 5.02 Å². The maximum Gasteiger partial charge on any atom is 0.234 e. The Morgan fingerprint density at radius 3 is 2.86 bits per heavy atom. The molecule has 0 unspecified atom stereocenters. The molecule has 21 heavy (non-hydrogen) atoms. The molecule has 2 N–H and O–H groups in total. The topological polar surface area (TPSA) is 52.6 Å². The summed E-state index contributed by atoms with van der Waals surface area (Å²) < 4.78 is 0. The highest BCUT2D eigenvalue weighted by atomic mass is 35.5. The van der Waals surface area contributed by atoms with Crippen molar-refractivity contribution in [2.75, 3.05) is 33.3 Å². The number of carbonyl (C=O) groups excluding carboxylic acids is 1. The molecule has 0 aliphatic carbocycles. The lowest BCUT2D eigenvalue weighted by molar-refractivity contribution is -0.121. The van der Waals surface area contributed by atoms with E-state index in [1.54, 1.807) is 0 Å². The first-order valence-electron chi connectivity index (χ1n) is 7.42. The summed E-state index contributed by atoms with van der Waals surface area (Å²) in [4.78, 5) is 13.8. The molecule has 118 valence electrons. The van der Waals surface area contributed by atoms with Gasteiger partial charge in [0.15, 0.2) is 0 Å². The second-order valence-corrected chi connectivity index (χ2v) is 5.69. The molecule has 0 aliphatic heterocycles. The number of nitrogens with zero attached hydrogens (tertiary/aromatic N) is 1. The van der Waals surface area contributed by atoms with Crippen molar-refractivity contribution in [3.63, 3.8) is 0 Å². The van der Waals surface area contributed by atoms with Crippen LogP contribution in [0.25, 0.3) is 0 Å². The highest BCUT2D eigenvalue weighted by Crippen LogP contribution is 2.10. The number of hydrogen-bond acceptors (Lipinski definition) is 3. The molecular formula is C16H25ClN2O2. The van der Waals surface area contributed by atoms with Gasteiger partial charge in [-0.05, 0) is 57.0 Å². The molecule has 1 aromatic rings. The minimum Gasteiger partial charge on any atom is -0.396 e. The summed E-state index contributed by atoms with van der Waals surface area (Å²) in [5.74, 6) is 0.0432. The largest absolute Gasteiger partial charge is 0.396 e. The fourth-order valence-electron chi connectivity index (χ4n) is 2.09. The Hall–Kier alpha value is -1.10. The first-order valence-corrected chi connectivity index (χ1v) is 7.80. The zero-order valence-corrected chi connectivity index (χ0v) is 13.4. The molecular weight excluding hydrogens is 288 g/mol. The fourth-order valence-corrected chi connectivity index (χ4v) is 2.30. The number of carbonyl (C=O) groups is 1. The van der Waals surface area contributed by atoms with E-state index in [2.05, 4.69) is 5.32 Å². The number of halogens is 1. The Labute approximate surface area is 132 Å². The highest BCUT2D eigenvalue weighted by Gasteiger charge is 2.05. The summed E-state index contributed by atoms with van der Waals surface area (Å²) >= 11 is 5.92. The van der Waals surface area contributed by atoms with Gasteiger partial charge in [-0.2, -0.15) is 0 Å². The minimum absolute atomic E-state index is 0.0432. The van der Waals surface area contributed by atoms with Gasteiger partial charge in [0.25, 0.3) is 0 Å². The molecule has 5 heteroatoms. The van der Waals surface area contributed by atoms with E-state index in [-0.39, 0.29) is 12.5 Å². The third kappa shape index (κ3) is 8.71. The maximum atomic E-state index is 11.8. The van der Waals surface area contributed by atoms with Crippen molar-refractivity contribution in [3.8, 4) is 0 Å². The van der Waals surface area contributed by atoms with Crippen molar-refractivity contribution in [2.45, 2.75) is 25.7 Å². The van der Waals surface area contributed by atoms with Crippen molar-refractivity contribution in [2.24, 2.45) is 0 Å². The van der Waals surface area contributed by atoms with Crippen LogP contribution in [0.4, 0.5) is 0 Å². The molecule has 0 spiro atoms. The SMILES string of the molecule is CN(CCCCCO)CC(=O)NCCc1cccc(Cl)c1. The van der Waals surface area contributed by atoms with Gasteiger partial charge in [-0.1, -0.05) is 23.7 Å². The van der Waals surface area contributed by atoms with E-state index in [1.165, 1.54) is 0 Å². The Bertz CT molecular complexity index is 426. The Morgan fingerprint density at radius 1 is 1.33 bits per heavy atom. The van der Waals surface area contributed by atoms with Gasteiger partial charge in [-0.3, -0.25) is 9.69 Å². The van der Waals surface area contributed by atoms with E-state index in [9.17, 15) is 4.79 Å². The van der Waals surface area contributed by atoms with Crippen LogP contribution in [0.3, 0.4) is 0 Å². The monoisotopic (exact) mass is 312 g/mol. The van der Waals surface area contributed by atoms with Gasteiger partial charge in [0, 0.05) is 18.2 Å². The van der Waals surface area contributed by atoms with E-state index in [0.29, 0.717) is 13.1 Å². The summed E-state index contributed by atoms with van der Waals surface area (Å²) in [5.41, 5.74) is 1.13. The van der Waals surface area contributed by atoms with Crippen LogP contribution in [0.15, 0.2) is 24.3 Å². The standard InChI is InChI=1S/C16H25ClN2O2/c1-19(10-3-2-4-11-20)13-16(21)18-9-8-14-6-5-7-15(17)12-14/h5-7,12,20H,2-4,8-11,13H2,1H3,(H,18,21). The number of aliphatic hydroxyl groups is 1. The molecule has 0 aromatic heterocycles. The van der Waals surface area contributed by atoms with E-state index >= 15 is 0 Å². The van der Waals surface area contributed by atoms with Crippen LogP contribution >= 0.6 is 11.6 Å². The molecule has 1 rings (SSSR count). The normalized spacial score (nSPS) is 10.9. The summed E-state index contributed by atoms with van der Waals surface area (Å²) in [6.45, 7) is 2.15. The maximum absolute atomic E-state index is 11.8. The van der Waals surface area contributed by atoms with Crippen LogP contribution in [-0.2, 0) is 11.2 Å². The average molecular weight is 313 g/mol. The van der Waals surface area contributed by atoms with Gasteiger partial charge < -0.3 is 10.4 Å². The van der Waals surface area contributed by atoms with Gasteiger partial charge >= 0.3 is 0 Å². The molecule has 0 saturated heterocycles. The smallest absolute Gasteiger partial charge is 0.234 e. The molecule has 0 fully saturated rings. The van der Waals surface area contributed by atoms with Crippen LogP contribution < -0.4 is 5.32 Å². The van der Waals surface area contributed by atoms with Crippen LogP contribution in [-0.4, -0.2) is 49.2 Å². The predicted molar refractivity (Wildman–Crippen MR) is 86.6 cm³/mol. The molecule has 0 heterocycles. The van der Waals surface area contributed by atoms with E-state index in [0.717, 1.165) is 42.8 Å². The Morgan fingerprint density at radius 2 is 2.14 bits per heavy atom. The number of benzene rings is 1. The number of aliphatic hydroxyl groups excluding tert-OH is 1. The van der Waals surface area contributed by atoms with Crippen LogP contribution in [0.5, 0.6) is 0 Å².